The quantitative estimate of drug-likeness (QED) is 0.808. The highest BCUT2D eigenvalue weighted by atomic mass is 35.5. The third-order valence-corrected chi connectivity index (χ3v) is 2.82. The second-order valence-corrected chi connectivity index (χ2v) is 4.64. The Labute approximate surface area is 112 Å². The minimum Gasteiger partial charge on any atom is -0.497 e. The molecule has 0 aliphatic rings. The first kappa shape index (κ1) is 14.6. The molecule has 1 rings (SSSR count). The average molecular weight is 272 g/mol. The topological polar surface area (TPSA) is 47.6 Å². The van der Waals surface area contributed by atoms with Gasteiger partial charge in [-0.25, -0.2) is 0 Å². The molecule has 0 aliphatic heterocycles. The number of methoxy groups -OCH3 is 2. The molecule has 1 unspecified atom stereocenters. The summed E-state index contributed by atoms with van der Waals surface area (Å²) >= 11 is 5.57. The van der Waals surface area contributed by atoms with Gasteiger partial charge in [0.2, 0.25) is 5.24 Å². The molecule has 0 amide bonds. The van der Waals surface area contributed by atoms with Crippen LogP contribution in [0.25, 0.3) is 0 Å². The first-order valence-electron chi connectivity index (χ1n) is 5.67. The number of benzene rings is 1. The standard InChI is InChI=1S/C13H18ClNO3/c1-8(2)12(13(14)16)15-9-5-10(17-3)7-11(6-9)18-4/h5-8,12,15H,1-4H3. The number of anilines is 1. The summed E-state index contributed by atoms with van der Waals surface area (Å²) in [5.74, 6) is 1.40. The van der Waals surface area contributed by atoms with E-state index in [9.17, 15) is 4.79 Å². The Bertz CT molecular complexity index is 398. The lowest BCUT2D eigenvalue weighted by Gasteiger charge is -2.20. The van der Waals surface area contributed by atoms with Gasteiger partial charge in [-0.05, 0) is 17.5 Å². The van der Waals surface area contributed by atoms with Crippen molar-refractivity contribution in [2.45, 2.75) is 19.9 Å². The zero-order valence-electron chi connectivity index (χ0n) is 11.0. The van der Waals surface area contributed by atoms with Crippen molar-refractivity contribution in [3.63, 3.8) is 0 Å². The number of hydrogen-bond donors (Lipinski definition) is 1. The number of rotatable bonds is 6. The molecular weight excluding hydrogens is 254 g/mol. The molecule has 18 heavy (non-hydrogen) atoms. The van der Waals surface area contributed by atoms with E-state index in [1.54, 1.807) is 32.4 Å². The lowest BCUT2D eigenvalue weighted by atomic mass is 10.1. The molecule has 0 saturated heterocycles. The summed E-state index contributed by atoms with van der Waals surface area (Å²) in [7, 11) is 3.15. The average Bonchev–Trinajstić information content (AvgIpc) is 2.34. The van der Waals surface area contributed by atoms with Gasteiger partial charge in [-0.15, -0.1) is 0 Å². The van der Waals surface area contributed by atoms with Gasteiger partial charge in [0, 0.05) is 23.9 Å². The lowest BCUT2D eigenvalue weighted by molar-refractivity contribution is -0.113. The molecule has 1 aromatic rings. The highest BCUT2D eigenvalue weighted by Gasteiger charge is 2.20. The van der Waals surface area contributed by atoms with Gasteiger partial charge in [-0.3, -0.25) is 4.79 Å². The Morgan fingerprint density at radius 3 is 2.00 bits per heavy atom. The molecule has 1 aromatic carbocycles. The van der Waals surface area contributed by atoms with E-state index in [4.69, 9.17) is 21.1 Å². The Balaban J connectivity index is 2.98. The molecule has 0 heterocycles. The van der Waals surface area contributed by atoms with Crippen molar-refractivity contribution in [2.24, 2.45) is 5.92 Å². The molecule has 0 aromatic heterocycles. The molecule has 0 saturated carbocycles. The summed E-state index contributed by atoms with van der Waals surface area (Å²) in [6.07, 6.45) is 0. The third kappa shape index (κ3) is 3.81. The fraction of sp³-hybridized carbons (Fsp3) is 0.462. The van der Waals surface area contributed by atoms with E-state index in [0.29, 0.717) is 11.5 Å². The van der Waals surface area contributed by atoms with Crippen molar-refractivity contribution in [1.29, 1.82) is 0 Å². The van der Waals surface area contributed by atoms with Crippen LogP contribution in [0.5, 0.6) is 11.5 Å². The number of carbonyl (C=O) groups is 1. The molecule has 1 atom stereocenters. The molecular formula is C13H18ClNO3. The third-order valence-electron chi connectivity index (χ3n) is 2.58. The van der Waals surface area contributed by atoms with E-state index < -0.39 is 11.3 Å². The van der Waals surface area contributed by atoms with Crippen LogP contribution in [0.1, 0.15) is 13.8 Å². The Morgan fingerprint density at radius 1 is 1.17 bits per heavy atom. The number of halogens is 1. The van der Waals surface area contributed by atoms with E-state index in [1.165, 1.54) is 0 Å². The van der Waals surface area contributed by atoms with Crippen molar-refractivity contribution in [2.75, 3.05) is 19.5 Å². The molecule has 0 aliphatic carbocycles. The number of carbonyl (C=O) groups excluding carboxylic acids is 1. The van der Waals surface area contributed by atoms with E-state index in [0.717, 1.165) is 5.69 Å². The van der Waals surface area contributed by atoms with E-state index >= 15 is 0 Å². The van der Waals surface area contributed by atoms with Gasteiger partial charge >= 0.3 is 0 Å². The SMILES string of the molecule is COc1cc(NC(C(=O)Cl)C(C)C)cc(OC)c1. The lowest BCUT2D eigenvalue weighted by Crippen LogP contribution is -2.31. The van der Waals surface area contributed by atoms with Crippen molar-refractivity contribution in [3.8, 4) is 11.5 Å². The van der Waals surface area contributed by atoms with Crippen molar-refractivity contribution < 1.29 is 14.3 Å². The number of ether oxygens (including phenoxy) is 2. The zero-order chi connectivity index (χ0) is 13.7. The Kier molecular flexibility index (Phi) is 5.28. The van der Waals surface area contributed by atoms with Crippen LogP contribution in [0.4, 0.5) is 5.69 Å². The molecule has 0 radical (unpaired) electrons. The summed E-state index contributed by atoms with van der Waals surface area (Å²) in [5, 5.41) is 2.68. The molecule has 4 nitrogen and oxygen atoms in total. The molecule has 0 fully saturated rings. The minimum absolute atomic E-state index is 0.0900. The number of hydrogen-bond acceptors (Lipinski definition) is 4. The maximum atomic E-state index is 11.3. The van der Waals surface area contributed by atoms with E-state index in [-0.39, 0.29) is 5.92 Å². The molecule has 5 heteroatoms. The zero-order valence-corrected chi connectivity index (χ0v) is 11.7. The minimum atomic E-state index is -0.441. The van der Waals surface area contributed by atoms with Gasteiger partial charge in [0.05, 0.1) is 14.2 Å². The summed E-state index contributed by atoms with van der Waals surface area (Å²) < 4.78 is 10.3. The number of nitrogens with one attached hydrogen (secondary N) is 1. The van der Waals surface area contributed by atoms with Crippen LogP contribution in [0, 0.1) is 5.92 Å². The fourth-order valence-corrected chi connectivity index (χ4v) is 1.86. The maximum Gasteiger partial charge on any atom is 0.244 e. The van der Waals surface area contributed by atoms with Crippen LogP contribution in [-0.4, -0.2) is 25.5 Å². The van der Waals surface area contributed by atoms with Crippen LogP contribution in [0.2, 0.25) is 0 Å². The highest BCUT2D eigenvalue weighted by molar-refractivity contribution is 6.65. The van der Waals surface area contributed by atoms with Crippen molar-refractivity contribution in [3.05, 3.63) is 18.2 Å². The van der Waals surface area contributed by atoms with Gasteiger partial charge in [0.15, 0.2) is 0 Å². The highest BCUT2D eigenvalue weighted by Crippen LogP contribution is 2.27. The molecule has 0 bridgehead atoms. The predicted molar refractivity (Wildman–Crippen MR) is 72.7 cm³/mol. The van der Waals surface area contributed by atoms with Crippen LogP contribution >= 0.6 is 11.6 Å². The summed E-state index contributed by atoms with van der Waals surface area (Å²) in [6, 6.07) is 4.90. The fourth-order valence-electron chi connectivity index (χ4n) is 1.56. The first-order valence-corrected chi connectivity index (χ1v) is 6.04. The Morgan fingerprint density at radius 2 is 1.67 bits per heavy atom. The maximum absolute atomic E-state index is 11.3. The molecule has 0 spiro atoms. The van der Waals surface area contributed by atoms with Crippen molar-refractivity contribution in [1.82, 2.24) is 0 Å². The van der Waals surface area contributed by atoms with Crippen LogP contribution < -0.4 is 14.8 Å². The largest absolute Gasteiger partial charge is 0.497 e. The van der Waals surface area contributed by atoms with Gasteiger partial charge in [0.25, 0.3) is 0 Å². The predicted octanol–water partition coefficient (Wildman–Crippen LogP) is 2.91. The van der Waals surface area contributed by atoms with E-state index in [1.807, 2.05) is 13.8 Å². The summed E-state index contributed by atoms with van der Waals surface area (Å²) in [4.78, 5) is 11.3. The van der Waals surface area contributed by atoms with E-state index in [2.05, 4.69) is 5.32 Å². The van der Waals surface area contributed by atoms with Gasteiger partial charge in [-0.1, -0.05) is 13.8 Å². The Hall–Kier alpha value is -1.42. The van der Waals surface area contributed by atoms with Gasteiger partial charge < -0.3 is 14.8 Å². The van der Waals surface area contributed by atoms with Crippen LogP contribution in [0.15, 0.2) is 18.2 Å². The van der Waals surface area contributed by atoms with Crippen LogP contribution in [0.3, 0.4) is 0 Å². The molecule has 1 N–H and O–H groups in total. The second kappa shape index (κ2) is 6.50. The van der Waals surface area contributed by atoms with Crippen molar-refractivity contribution >= 4 is 22.5 Å². The summed E-state index contributed by atoms with van der Waals surface area (Å²) in [6.45, 7) is 3.85. The normalized spacial score (nSPS) is 12.1. The monoisotopic (exact) mass is 271 g/mol. The van der Waals surface area contributed by atoms with Gasteiger partial charge in [0.1, 0.15) is 17.5 Å². The molecule has 100 valence electrons. The first-order chi connectivity index (χ1) is 8.47. The van der Waals surface area contributed by atoms with Gasteiger partial charge in [-0.2, -0.15) is 0 Å². The van der Waals surface area contributed by atoms with Crippen LogP contribution in [-0.2, 0) is 4.79 Å². The smallest absolute Gasteiger partial charge is 0.244 e. The second-order valence-electron chi connectivity index (χ2n) is 4.27. The summed E-state index contributed by atoms with van der Waals surface area (Å²) in [5.41, 5.74) is 0.735.